The molecule has 0 bridgehead atoms. The van der Waals surface area contributed by atoms with Gasteiger partial charge in [0.05, 0.1) is 23.4 Å². The first-order valence-electron chi connectivity index (χ1n) is 6.99. The van der Waals surface area contributed by atoms with Crippen LogP contribution in [-0.4, -0.2) is 22.3 Å². The number of fused-ring (bicyclic) bond motifs is 1. The maximum Gasteiger partial charge on any atom is 0.275 e. The molecule has 0 unspecified atom stereocenters. The quantitative estimate of drug-likeness (QED) is 0.471. The van der Waals surface area contributed by atoms with Crippen LogP contribution in [0.25, 0.3) is 11.0 Å². The highest BCUT2D eigenvalue weighted by molar-refractivity contribution is 9.10. The minimum atomic E-state index is -0.569. The number of furan rings is 1. The number of benzene rings is 2. The molecule has 1 amide bonds. The van der Waals surface area contributed by atoms with Crippen molar-refractivity contribution in [3.05, 3.63) is 57.8 Å². The number of phenols is 2. The molecule has 0 fully saturated rings. The highest BCUT2D eigenvalue weighted by atomic mass is 79.9. The average molecular weight is 389 g/mol. The summed E-state index contributed by atoms with van der Waals surface area (Å²) in [6.07, 6.45) is 2.83. The third-order valence-electron chi connectivity index (χ3n) is 3.50. The standard InChI is InChI=1S/C17H13BrN2O4/c1-9-8-24-14-5-3-12(16(22)15(9)14)17(23)20-19-7-10-6-11(18)2-4-13(10)21/h2-8,21-22H,1H3,(H,20,23)/b19-7+. The van der Waals surface area contributed by atoms with Crippen molar-refractivity contribution in [3.63, 3.8) is 0 Å². The van der Waals surface area contributed by atoms with E-state index in [0.717, 1.165) is 10.0 Å². The van der Waals surface area contributed by atoms with Gasteiger partial charge in [-0.25, -0.2) is 5.43 Å². The Bertz CT molecular complexity index is 963. The Hall–Kier alpha value is -2.80. The van der Waals surface area contributed by atoms with Crippen LogP contribution in [0.3, 0.4) is 0 Å². The summed E-state index contributed by atoms with van der Waals surface area (Å²) < 4.78 is 6.04. The number of nitrogens with zero attached hydrogens (tertiary/aromatic N) is 1. The zero-order chi connectivity index (χ0) is 17.3. The number of hydrazone groups is 1. The zero-order valence-corrected chi connectivity index (χ0v) is 14.2. The van der Waals surface area contributed by atoms with E-state index in [1.165, 1.54) is 24.6 Å². The molecule has 3 rings (SSSR count). The number of rotatable bonds is 3. The van der Waals surface area contributed by atoms with Crippen molar-refractivity contribution >= 4 is 39.0 Å². The predicted octanol–water partition coefficient (Wildman–Crippen LogP) is 3.68. The summed E-state index contributed by atoms with van der Waals surface area (Å²) in [5, 5.41) is 24.3. The van der Waals surface area contributed by atoms with Crippen LogP contribution in [0.15, 0.2) is 50.6 Å². The number of amides is 1. The first kappa shape index (κ1) is 16.1. The van der Waals surface area contributed by atoms with E-state index >= 15 is 0 Å². The van der Waals surface area contributed by atoms with E-state index in [2.05, 4.69) is 26.5 Å². The van der Waals surface area contributed by atoms with Gasteiger partial charge in [0, 0.05) is 10.0 Å². The van der Waals surface area contributed by atoms with Gasteiger partial charge in [0.15, 0.2) is 0 Å². The number of halogens is 1. The van der Waals surface area contributed by atoms with Gasteiger partial charge in [0.25, 0.3) is 5.91 Å². The smallest absolute Gasteiger partial charge is 0.275 e. The Balaban J connectivity index is 1.83. The Kier molecular flexibility index (Phi) is 4.26. The molecule has 3 aromatic rings. The van der Waals surface area contributed by atoms with E-state index in [9.17, 15) is 15.0 Å². The van der Waals surface area contributed by atoms with E-state index < -0.39 is 5.91 Å². The van der Waals surface area contributed by atoms with E-state index in [4.69, 9.17) is 4.42 Å². The van der Waals surface area contributed by atoms with Gasteiger partial charge in [-0.1, -0.05) is 15.9 Å². The van der Waals surface area contributed by atoms with Crippen LogP contribution in [0, 0.1) is 6.92 Å². The first-order valence-corrected chi connectivity index (χ1v) is 7.78. The molecule has 0 aliphatic heterocycles. The maximum atomic E-state index is 12.2. The summed E-state index contributed by atoms with van der Waals surface area (Å²) in [6.45, 7) is 1.78. The minimum absolute atomic E-state index is 0.0366. The molecule has 0 spiro atoms. The third kappa shape index (κ3) is 2.98. The van der Waals surface area contributed by atoms with Crippen LogP contribution in [0.2, 0.25) is 0 Å². The lowest BCUT2D eigenvalue weighted by molar-refractivity contribution is 0.0952. The Morgan fingerprint density at radius 3 is 2.88 bits per heavy atom. The number of carbonyl (C=O) groups is 1. The molecule has 7 heteroatoms. The van der Waals surface area contributed by atoms with Gasteiger partial charge in [-0.3, -0.25) is 4.79 Å². The van der Waals surface area contributed by atoms with Crippen molar-refractivity contribution in [2.45, 2.75) is 6.92 Å². The summed E-state index contributed by atoms with van der Waals surface area (Å²) >= 11 is 3.29. The van der Waals surface area contributed by atoms with Crippen LogP contribution < -0.4 is 5.43 Å². The molecule has 3 N–H and O–H groups in total. The largest absolute Gasteiger partial charge is 0.507 e. The lowest BCUT2D eigenvalue weighted by Gasteiger charge is -2.04. The van der Waals surface area contributed by atoms with Crippen molar-refractivity contribution < 1.29 is 19.4 Å². The lowest BCUT2D eigenvalue weighted by Crippen LogP contribution is -2.17. The van der Waals surface area contributed by atoms with E-state index in [1.807, 2.05) is 0 Å². The molecule has 1 aromatic heterocycles. The molecule has 0 aliphatic rings. The summed E-state index contributed by atoms with van der Waals surface area (Å²) in [7, 11) is 0. The van der Waals surface area contributed by atoms with Crippen molar-refractivity contribution in [2.24, 2.45) is 5.10 Å². The second-order valence-corrected chi connectivity index (χ2v) is 6.07. The molecular formula is C17H13BrN2O4. The molecule has 0 atom stereocenters. The fraction of sp³-hybridized carbons (Fsp3) is 0.0588. The molecule has 24 heavy (non-hydrogen) atoms. The van der Waals surface area contributed by atoms with Crippen molar-refractivity contribution in [3.8, 4) is 11.5 Å². The van der Waals surface area contributed by atoms with Gasteiger partial charge < -0.3 is 14.6 Å². The van der Waals surface area contributed by atoms with Crippen LogP contribution >= 0.6 is 15.9 Å². The topological polar surface area (TPSA) is 95.1 Å². The number of hydrogen-bond donors (Lipinski definition) is 3. The number of carbonyl (C=O) groups excluding carboxylic acids is 1. The Morgan fingerprint density at radius 2 is 2.08 bits per heavy atom. The zero-order valence-electron chi connectivity index (χ0n) is 12.6. The molecular weight excluding hydrogens is 376 g/mol. The van der Waals surface area contributed by atoms with Gasteiger partial charge in [-0.05, 0) is 42.8 Å². The third-order valence-corrected chi connectivity index (χ3v) is 3.99. The van der Waals surface area contributed by atoms with E-state index in [0.29, 0.717) is 16.5 Å². The first-order chi connectivity index (χ1) is 11.5. The molecule has 0 saturated heterocycles. The van der Waals surface area contributed by atoms with Crippen LogP contribution in [0.5, 0.6) is 11.5 Å². The number of aryl methyl sites for hydroxylation is 1. The molecule has 0 saturated carbocycles. The van der Waals surface area contributed by atoms with Crippen molar-refractivity contribution in [1.29, 1.82) is 0 Å². The molecule has 0 radical (unpaired) electrons. The molecule has 0 aliphatic carbocycles. The number of phenolic OH excluding ortho intramolecular Hbond substituents is 2. The van der Waals surface area contributed by atoms with Crippen LogP contribution in [0.1, 0.15) is 21.5 Å². The molecule has 122 valence electrons. The molecule has 2 aromatic carbocycles. The average Bonchev–Trinajstić information content (AvgIpc) is 2.93. The Labute approximate surface area is 145 Å². The van der Waals surface area contributed by atoms with E-state index in [1.54, 1.807) is 25.1 Å². The van der Waals surface area contributed by atoms with Crippen molar-refractivity contribution in [2.75, 3.05) is 0 Å². The monoisotopic (exact) mass is 388 g/mol. The van der Waals surface area contributed by atoms with Gasteiger partial charge in [0.1, 0.15) is 17.1 Å². The second kappa shape index (κ2) is 6.37. The number of hydrogen-bond acceptors (Lipinski definition) is 5. The summed E-state index contributed by atoms with van der Waals surface area (Å²) in [5.41, 5.74) is 4.09. The second-order valence-electron chi connectivity index (χ2n) is 5.16. The summed E-state index contributed by atoms with van der Waals surface area (Å²) in [5.74, 6) is -0.688. The molecule has 1 heterocycles. The van der Waals surface area contributed by atoms with Gasteiger partial charge in [0.2, 0.25) is 0 Å². The Morgan fingerprint density at radius 1 is 1.29 bits per heavy atom. The van der Waals surface area contributed by atoms with E-state index in [-0.39, 0.29) is 17.1 Å². The highest BCUT2D eigenvalue weighted by Gasteiger charge is 2.16. The SMILES string of the molecule is Cc1coc2ccc(C(=O)N/N=C/c3cc(Br)ccc3O)c(O)c12. The van der Waals surface area contributed by atoms with Crippen LogP contribution in [-0.2, 0) is 0 Å². The lowest BCUT2D eigenvalue weighted by atomic mass is 10.1. The summed E-state index contributed by atoms with van der Waals surface area (Å²) in [6, 6.07) is 7.92. The van der Waals surface area contributed by atoms with Crippen molar-refractivity contribution in [1.82, 2.24) is 5.43 Å². The maximum absolute atomic E-state index is 12.2. The minimum Gasteiger partial charge on any atom is -0.507 e. The summed E-state index contributed by atoms with van der Waals surface area (Å²) in [4.78, 5) is 12.2. The van der Waals surface area contributed by atoms with Gasteiger partial charge in [-0.15, -0.1) is 0 Å². The fourth-order valence-electron chi connectivity index (χ4n) is 2.30. The highest BCUT2D eigenvalue weighted by Crippen LogP contribution is 2.32. The number of aromatic hydroxyl groups is 2. The molecule has 6 nitrogen and oxygen atoms in total. The number of nitrogens with one attached hydrogen (secondary N) is 1. The fourth-order valence-corrected chi connectivity index (χ4v) is 2.67. The normalized spacial score (nSPS) is 11.2. The van der Waals surface area contributed by atoms with Gasteiger partial charge in [-0.2, -0.15) is 5.10 Å². The van der Waals surface area contributed by atoms with Gasteiger partial charge >= 0.3 is 0 Å². The predicted molar refractivity (Wildman–Crippen MR) is 93.5 cm³/mol. The van der Waals surface area contributed by atoms with Crippen LogP contribution in [0.4, 0.5) is 0 Å².